The summed E-state index contributed by atoms with van der Waals surface area (Å²) in [5, 5.41) is 6.56. The van der Waals surface area contributed by atoms with Crippen molar-refractivity contribution in [3.63, 3.8) is 0 Å². The molecule has 1 heterocycles. The van der Waals surface area contributed by atoms with Gasteiger partial charge in [-0.2, -0.15) is 0 Å². The Bertz CT molecular complexity index is 971. The van der Waals surface area contributed by atoms with Crippen molar-refractivity contribution in [2.45, 2.75) is 32.4 Å². The second kappa shape index (κ2) is 9.87. The molecule has 2 aromatic carbocycles. The van der Waals surface area contributed by atoms with Gasteiger partial charge in [-0.15, -0.1) is 0 Å². The van der Waals surface area contributed by atoms with Crippen LogP contribution in [0.15, 0.2) is 53.7 Å². The highest BCUT2D eigenvalue weighted by molar-refractivity contribution is 6.35. The van der Waals surface area contributed by atoms with E-state index in [1.54, 1.807) is 36.4 Å². The fourth-order valence-corrected chi connectivity index (χ4v) is 3.78. The van der Waals surface area contributed by atoms with Gasteiger partial charge in [-0.05, 0) is 36.2 Å². The zero-order chi connectivity index (χ0) is 21.7. The van der Waals surface area contributed by atoms with Crippen molar-refractivity contribution >= 4 is 35.2 Å². The molecule has 2 N–H and O–H groups in total. The zero-order valence-corrected chi connectivity index (χ0v) is 18.1. The maximum atomic E-state index is 12.5. The van der Waals surface area contributed by atoms with Gasteiger partial charge >= 0.3 is 12.0 Å². The van der Waals surface area contributed by atoms with Gasteiger partial charge in [0.2, 0.25) is 0 Å². The Labute approximate surface area is 185 Å². The summed E-state index contributed by atoms with van der Waals surface area (Å²) < 4.78 is 10.8. The summed E-state index contributed by atoms with van der Waals surface area (Å²) in [6.07, 6.45) is 1.32. The van der Waals surface area contributed by atoms with E-state index in [0.717, 1.165) is 6.42 Å². The number of ether oxygens (including phenoxy) is 2. The lowest BCUT2D eigenvalue weighted by Gasteiger charge is -2.29. The molecule has 0 aliphatic carbocycles. The van der Waals surface area contributed by atoms with Crippen molar-refractivity contribution in [3.8, 4) is 5.75 Å². The average Bonchev–Trinajstić information content (AvgIpc) is 2.73. The quantitative estimate of drug-likeness (QED) is 0.573. The van der Waals surface area contributed by atoms with Gasteiger partial charge in [0, 0.05) is 21.3 Å². The number of allylic oxidation sites excluding steroid dienone is 1. The van der Waals surface area contributed by atoms with Gasteiger partial charge in [0.25, 0.3) is 0 Å². The molecule has 6 nitrogen and oxygen atoms in total. The van der Waals surface area contributed by atoms with Crippen molar-refractivity contribution in [2.75, 3.05) is 7.11 Å². The number of benzene rings is 2. The van der Waals surface area contributed by atoms with Gasteiger partial charge in [0.05, 0.1) is 18.7 Å². The maximum Gasteiger partial charge on any atom is 0.337 e. The van der Waals surface area contributed by atoms with Crippen LogP contribution in [-0.2, 0) is 16.1 Å². The fourth-order valence-electron chi connectivity index (χ4n) is 3.28. The van der Waals surface area contributed by atoms with Crippen LogP contribution in [0.25, 0.3) is 0 Å². The molecule has 1 aliphatic heterocycles. The molecule has 0 saturated carbocycles. The van der Waals surface area contributed by atoms with E-state index in [0.29, 0.717) is 44.6 Å². The molecule has 1 aliphatic rings. The third kappa shape index (κ3) is 4.89. The van der Waals surface area contributed by atoms with E-state index >= 15 is 0 Å². The number of amides is 2. The summed E-state index contributed by atoms with van der Waals surface area (Å²) in [5.41, 5.74) is 2.32. The molecular weight excluding hydrogens is 427 g/mol. The van der Waals surface area contributed by atoms with Crippen molar-refractivity contribution in [3.05, 3.63) is 74.9 Å². The van der Waals surface area contributed by atoms with Gasteiger partial charge in [0.15, 0.2) is 0 Å². The standard InChI is InChI=1S/C22H22Cl2N2O4/c1-3-6-18-19(21(27)29-2)20(26-22(28)25-18)13-7-4-8-14(11-13)30-12-15-16(23)9-5-10-17(15)24/h4-5,7-11,20H,3,6,12H2,1-2H3,(H2,25,26,28). The number of carbonyl (C=O) groups is 2. The Morgan fingerprint density at radius 1 is 1.13 bits per heavy atom. The highest BCUT2D eigenvalue weighted by atomic mass is 35.5. The maximum absolute atomic E-state index is 12.5. The van der Waals surface area contributed by atoms with Gasteiger partial charge < -0.3 is 20.1 Å². The van der Waals surface area contributed by atoms with E-state index in [1.807, 2.05) is 13.0 Å². The van der Waals surface area contributed by atoms with E-state index < -0.39 is 12.0 Å². The molecule has 0 saturated heterocycles. The predicted octanol–water partition coefficient (Wildman–Crippen LogP) is 5.15. The fraction of sp³-hybridized carbons (Fsp3) is 0.273. The molecule has 0 radical (unpaired) electrons. The van der Waals surface area contributed by atoms with Gasteiger partial charge in [-0.1, -0.05) is 54.7 Å². The molecule has 2 amide bonds. The molecule has 0 spiro atoms. The van der Waals surface area contributed by atoms with E-state index in [4.69, 9.17) is 32.7 Å². The van der Waals surface area contributed by atoms with Crippen molar-refractivity contribution in [2.24, 2.45) is 0 Å². The van der Waals surface area contributed by atoms with Crippen LogP contribution in [0.1, 0.15) is 36.9 Å². The minimum atomic E-state index is -0.653. The number of halogens is 2. The van der Waals surface area contributed by atoms with Crippen LogP contribution >= 0.6 is 23.2 Å². The monoisotopic (exact) mass is 448 g/mol. The minimum absolute atomic E-state index is 0.182. The Morgan fingerprint density at radius 2 is 1.83 bits per heavy atom. The Morgan fingerprint density at radius 3 is 2.50 bits per heavy atom. The number of carbonyl (C=O) groups excluding carboxylic acids is 2. The Hall–Kier alpha value is -2.70. The van der Waals surface area contributed by atoms with E-state index in [2.05, 4.69) is 10.6 Å². The lowest BCUT2D eigenvalue weighted by molar-refractivity contribution is -0.136. The SMILES string of the molecule is CCCC1=C(C(=O)OC)C(c2cccc(OCc3c(Cl)cccc3Cl)c2)NC(=O)N1. The second-order valence-electron chi connectivity index (χ2n) is 6.73. The van der Waals surface area contributed by atoms with Crippen LogP contribution in [0.3, 0.4) is 0 Å². The largest absolute Gasteiger partial charge is 0.489 e. The highest BCUT2D eigenvalue weighted by Gasteiger charge is 2.33. The normalized spacial score (nSPS) is 16.0. The lowest BCUT2D eigenvalue weighted by Crippen LogP contribution is -2.45. The van der Waals surface area contributed by atoms with Crippen LogP contribution < -0.4 is 15.4 Å². The summed E-state index contributed by atoms with van der Waals surface area (Å²) in [4.78, 5) is 24.7. The van der Waals surface area contributed by atoms with Gasteiger partial charge in [0.1, 0.15) is 12.4 Å². The van der Waals surface area contributed by atoms with Gasteiger partial charge in [-0.3, -0.25) is 0 Å². The first-order chi connectivity index (χ1) is 14.4. The first kappa shape index (κ1) is 22.0. The van der Waals surface area contributed by atoms with Crippen molar-refractivity contribution in [1.82, 2.24) is 10.6 Å². The number of nitrogens with one attached hydrogen (secondary N) is 2. The number of methoxy groups -OCH3 is 1. The van der Waals surface area contributed by atoms with Crippen molar-refractivity contribution in [1.29, 1.82) is 0 Å². The molecule has 0 bridgehead atoms. The molecule has 2 aromatic rings. The molecule has 3 rings (SSSR count). The Kier molecular flexibility index (Phi) is 7.24. The topological polar surface area (TPSA) is 76.7 Å². The van der Waals surface area contributed by atoms with Crippen LogP contribution in [0, 0.1) is 0 Å². The number of rotatable bonds is 7. The predicted molar refractivity (Wildman–Crippen MR) is 116 cm³/mol. The smallest absolute Gasteiger partial charge is 0.337 e. The van der Waals surface area contributed by atoms with Crippen molar-refractivity contribution < 1.29 is 19.1 Å². The third-order valence-corrected chi connectivity index (χ3v) is 5.40. The summed E-state index contributed by atoms with van der Waals surface area (Å²) in [7, 11) is 1.32. The summed E-state index contributed by atoms with van der Waals surface area (Å²) in [5.74, 6) is 0.0580. The lowest BCUT2D eigenvalue weighted by atomic mass is 9.93. The molecular formula is C22H22Cl2N2O4. The minimum Gasteiger partial charge on any atom is -0.489 e. The number of hydrogen-bond acceptors (Lipinski definition) is 4. The first-order valence-corrected chi connectivity index (χ1v) is 10.2. The van der Waals surface area contributed by atoms with Crippen LogP contribution in [-0.4, -0.2) is 19.1 Å². The number of urea groups is 1. The van der Waals surface area contributed by atoms with Crippen LogP contribution in [0.2, 0.25) is 10.0 Å². The Balaban J connectivity index is 1.90. The molecule has 0 aromatic heterocycles. The number of hydrogen-bond donors (Lipinski definition) is 2. The summed E-state index contributed by atoms with van der Waals surface area (Å²) >= 11 is 12.4. The summed E-state index contributed by atoms with van der Waals surface area (Å²) in [6, 6.07) is 11.4. The summed E-state index contributed by atoms with van der Waals surface area (Å²) in [6.45, 7) is 2.15. The number of esters is 1. The van der Waals surface area contributed by atoms with Crippen LogP contribution in [0.4, 0.5) is 4.79 Å². The van der Waals surface area contributed by atoms with E-state index in [9.17, 15) is 9.59 Å². The molecule has 30 heavy (non-hydrogen) atoms. The zero-order valence-electron chi connectivity index (χ0n) is 16.6. The molecule has 0 fully saturated rings. The van der Waals surface area contributed by atoms with Gasteiger partial charge in [-0.25, -0.2) is 9.59 Å². The molecule has 1 unspecified atom stereocenters. The van der Waals surface area contributed by atoms with Crippen LogP contribution in [0.5, 0.6) is 5.75 Å². The molecule has 1 atom stereocenters. The highest BCUT2D eigenvalue weighted by Crippen LogP contribution is 2.32. The second-order valence-corrected chi connectivity index (χ2v) is 7.54. The van der Waals surface area contributed by atoms with E-state index in [1.165, 1.54) is 7.11 Å². The third-order valence-electron chi connectivity index (χ3n) is 4.70. The first-order valence-electron chi connectivity index (χ1n) is 9.49. The average molecular weight is 449 g/mol. The molecule has 8 heteroatoms. The van der Waals surface area contributed by atoms with E-state index in [-0.39, 0.29) is 12.6 Å². The molecule has 158 valence electrons.